The van der Waals surface area contributed by atoms with Crippen LogP contribution in [0, 0.1) is 25.7 Å². The molecule has 4 aliphatic rings. The number of nitrogens with zero attached hydrogens (tertiary/aromatic N) is 7. The van der Waals surface area contributed by atoms with Gasteiger partial charge in [0.25, 0.3) is 5.91 Å². The molecule has 8 rings (SSSR count). The molecule has 2 aromatic heterocycles. The molecule has 0 bridgehead atoms. The van der Waals surface area contributed by atoms with Crippen LogP contribution in [0.15, 0.2) is 54.7 Å². The maximum absolute atomic E-state index is 13.3. The van der Waals surface area contributed by atoms with Gasteiger partial charge in [-0.2, -0.15) is 0 Å². The van der Waals surface area contributed by atoms with Gasteiger partial charge in [0.2, 0.25) is 17.7 Å². The maximum Gasteiger partial charge on any atom is 0.267 e. The van der Waals surface area contributed by atoms with E-state index in [9.17, 15) is 19.2 Å². The number of hydrogen-bond acceptors (Lipinski definition) is 12. The first-order chi connectivity index (χ1) is 27.6. The van der Waals surface area contributed by atoms with Gasteiger partial charge in [-0.1, -0.05) is 47.2 Å². The van der Waals surface area contributed by atoms with E-state index in [-0.39, 0.29) is 29.5 Å². The first-order valence-corrected chi connectivity index (χ1v) is 20.8. The van der Waals surface area contributed by atoms with Crippen LogP contribution in [0.5, 0.6) is 0 Å². The van der Waals surface area contributed by atoms with Crippen LogP contribution in [0.25, 0.3) is 0 Å². The zero-order valence-electron chi connectivity index (χ0n) is 32.2. The van der Waals surface area contributed by atoms with Crippen LogP contribution >= 0.6 is 22.9 Å². The van der Waals surface area contributed by atoms with Crippen LogP contribution in [-0.4, -0.2) is 107 Å². The molecule has 4 aliphatic heterocycles. The predicted molar refractivity (Wildman–Crippen MR) is 222 cm³/mol. The molecule has 0 saturated carbocycles. The van der Waals surface area contributed by atoms with Crippen molar-refractivity contribution >= 4 is 74.7 Å². The Morgan fingerprint density at radius 1 is 0.947 bits per heavy atom. The molecule has 6 heterocycles. The molecule has 3 N–H and O–H groups in total. The first-order valence-electron chi connectivity index (χ1n) is 19.6. The fourth-order valence-corrected chi connectivity index (χ4v) is 9.43. The number of piperidine rings is 1. The van der Waals surface area contributed by atoms with Crippen LogP contribution in [0.1, 0.15) is 58.2 Å². The number of fused-ring (bicyclic) bond motifs is 1. The molecule has 298 valence electrons. The number of amides is 4. The lowest BCUT2D eigenvalue weighted by atomic mass is 9.90. The average molecular weight is 811 g/mol. The number of halogens is 1. The van der Waals surface area contributed by atoms with Crippen molar-refractivity contribution in [2.45, 2.75) is 45.4 Å². The summed E-state index contributed by atoms with van der Waals surface area (Å²) in [6.07, 6.45) is 3.86. The molecular weight excluding hydrogens is 764 g/mol. The average Bonchev–Trinajstić information content (AvgIpc) is 3.93. The first kappa shape index (κ1) is 38.7. The highest BCUT2D eigenvalue weighted by Crippen LogP contribution is 2.36. The van der Waals surface area contributed by atoms with Gasteiger partial charge in [0.15, 0.2) is 5.13 Å². The highest BCUT2D eigenvalue weighted by molar-refractivity contribution is 7.17. The molecule has 4 saturated heterocycles. The summed E-state index contributed by atoms with van der Waals surface area (Å²) < 4.78 is 0. The van der Waals surface area contributed by atoms with Gasteiger partial charge in [-0.05, 0) is 62.6 Å². The van der Waals surface area contributed by atoms with E-state index < -0.39 is 0 Å². The van der Waals surface area contributed by atoms with E-state index in [1.807, 2.05) is 44.2 Å². The largest absolute Gasteiger partial charge is 0.371 e. The van der Waals surface area contributed by atoms with Gasteiger partial charge < -0.3 is 25.3 Å². The molecule has 4 fully saturated rings. The number of para-hydroxylation sites is 1. The Labute approximate surface area is 341 Å². The summed E-state index contributed by atoms with van der Waals surface area (Å²) in [6.45, 7) is 11.5. The number of carbonyl (C=O) groups is 4. The fraction of sp³-hybridized carbons (Fsp3) is 0.439. The maximum atomic E-state index is 13.3. The van der Waals surface area contributed by atoms with E-state index in [2.05, 4.69) is 57.7 Å². The van der Waals surface area contributed by atoms with Crippen LogP contribution < -0.4 is 25.8 Å². The Bertz CT molecular complexity index is 2120. The zero-order valence-corrected chi connectivity index (χ0v) is 33.7. The molecule has 3 unspecified atom stereocenters. The Morgan fingerprint density at radius 2 is 1.70 bits per heavy atom. The summed E-state index contributed by atoms with van der Waals surface area (Å²) in [4.78, 5) is 73.3. The number of nitrogens with one attached hydrogen (secondary N) is 3. The number of carbonyl (C=O) groups excluding carboxylic acids is 4. The van der Waals surface area contributed by atoms with E-state index in [1.165, 1.54) is 17.5 Å². The Kier molecular flexibility index (Phi) is 11.4. The summed E-state index contributed by atoms with van der Waals surface area (Å²) in [5, 5.41) is 9.62. The fourth-order valence-electron chi connectivity index (χ4n) is 8.44. The van der Waals surface area contributed by atoms with Crippen LogP contribution in [0.4, 0.5) is 28.1 Å². The molecule has 4 aromatic rings. The van der Waals surface area contributed by atoms with Crippen molar-refractivity contribution < 1.29 is 19.2 Å². The highest BCUT2D eigenvalue weighted by atomic mass is 35.5. The molecule has 4 amide bonds. The van der Waals surface area contributed by atoms with E-state index in [1.54, 1.807) is 6.07 Å². The monoisotopic (exact) mass is 810 g/mol. The predicted octanol–water partition coefficient (Wildman–Crippen LogP) is 5.22. The minimum absolute atomic E-state index is 0.196. The minimum atomic E-state index is -0.279. The Morgan fingerprint density at radius 3 is 2.42 bits per heavy atom. The van der Waals surface area contributed by atoms with Gasteiger partial charge in [-0.3, -0.25) is 29.4 Å². The van der Waals surface area contributed by atoms with Crippen LogP contribution in [-0.2, 0) is 14.4 Å². The second kappa shape index (κ2) is 16.8. The molecular formula is C41H47ClN10O4S. The molecule has 3 atom stereocenters. The van der Waals surface area contributed by atoms with Gasteiger partial charge in [0, 0.05) is 88.8 Å². The van der Waals surface area contributed by atoms with Gasteiger partial charge >= 0.3 is 0 Å². The number of anilines is 5. The lowest BCUT2D eigenvalue weighted by Gasteiger charge is -2.35. The number of aromatic nitrogens is 3. The molecule has 0 spiro atoms. The number of thiazole rings is 1. The van der Waals surface area contributed by atoms with E-state index in [4.69, 9.17) is 16.6 Å². The summed E-state index contributed by atoms with van der Waals surface area (Å²) >= 11 is 7.53. The van der Waals surface area contributed by atoms with Crippen molar-refractivity contribution in [2.24, 2.45) is 11.8 Å². The third kappa shape index (κ3) is 8.90. The second-order valence-electron chi connectivity index (χ2n) is 15.5. The number of likely N-dealkylation sites (tertiary alicyclic amines) is 1. The topological polar surface area (TPSA) is 156 Å². The van der Waals surface area contributed by atoms with E-state index in [0.717, 1.165) is 88.0 Å². The molecule has 57 heavy (non-hydrogen) atoms. The molecule has 2 aromatic carbocycles. The number of imide groups is 1. The summed E-state index contributed by atoms with van der Waals surface area (Å²) in [5.41, 5.74) is 3.56. The van der Waals surface area contributed by atoms with Gasteiger partial charge in [-0.15, -0.1) is 0 Å². The smallest absolute Gasteiger partial charge is 0.267 e. The number of benzene rings is 2. The summed E-state index contributed by atoms with van der Waals surface area (Å²) in [7, 11) is 0. The van der Waals surface area contributed by atoms with Crippen molar-refractivity contribution in [3.63, 3.8) is 0 Å². The van der Waals surface area contributed by atoms with Crippen molar-refractivity contribution in [2.75, 3.05) is 79.3 Å². The summed E-state index contributed by atoms with van der Waals surface area (Å²) in [6, 6.07) is 15.6. The number of piperazine rings is 1. The highest BCUT2D eigenvalue weighted by Gasteiger charge is 2.41. The molecule has 0 aliphatic carbocycles. The molecule has 16 heteroatoms. The quantitative estimate of drug-likeness (QED) is 0.171. The SMILES string of the molecule is Cc1nc(Nc2ncc(C(=O)Nc3c(C)cccc3Cl)s2)cc(N2CCN(CCCC(=O)N3CC4CN(c5ccc(C6CCC(=O)NC6=O)cc5)CC4C3)CC2)n1. The second-order valence-corrected chi connectivity index (χ2v) is 16.9. The standard InChI is InChI=1S/C41H47ClN10O4S/c1-25-5-3-6-32(42)38(25)48-40(56)33-20-43-41(57-33)46-34-19-35(45-26(2)44-34)50-17-15-49(16-18-50)14-4-7-37(54)52-23-28-21-51(22-29(28)24-52)30-10-8-27(9-11-30)31-12-13-36(53)47-39(31)55/h3,5-6,8-11,19-20,28-29,31H,4,7,12-18,21-24H2,1-2H3,(H,48,56)(H,47,53,55)(H,43,44,45,46). The Balaban J connectivity index is 0.755. The number of rotatable bonds is 11. The van der Waals surface area contributed by atoms with Crippen molar-refractivity contribution in [3.8, 4) is 0 Å². The van der Waals surface area contributed by atoms with Gasteiger partial charge in [0.1, 0.15) is 22.3 Å². The third-order valence-electron chi connectivity index (χ3n) is 11.5. The van der Waals surface area contributed by atoms with Gasteiger partial charge in [-0.25, -0.2) is 15.0 Å². The normalized spacial score (nSPS) is 21.1. The summed E-state index contributed by atoms with van der Waals surface area (Å²) in [5.74, 6) is 2.32. The van der Waals surface area contributed by atoms with Gasteiger partial charge in [0.05, 0.1) is 22.8 Å². The van der Waals surface area contributed by atoms with Crippen molar-refractivity contribution in [1.29, 1.82) is 0 Å². The van der Waals surface area contributed by atoms with Crippen molar-refractivity contribution in [3.05, 3.63) is 81.6 Å². The van der Waals surface area contributed by atoms with Crippen LogP contribution in [0.3, 0.4) is 0 Å². The molecule has 14 nitrogen and oxygen atoms in total. The van der Waals surface area contributed by atoms with E-state index >= 15 is 0 Å². The lowest BCUT2D eigenvalue weighted by Crippen LogP contribution is -2.47. The minimum Gasteiger partial charge on any atom is -0.371 e. The molecule has 0 radical (unpaired) electrons. The lowest BCUT2D eigenvalue weighted by molar-refractivity contribution is -0.134. The van der Waals surface area contributed by atoms with E-state index in [0.29, 0.717) is 63.5 Å². The van der Waals surface area contributed by atoms with Crippen LogP contribution in [0.2, 0.25) is 5.02 Å². The Hall–Kier alpha value is -5.12. The number of aryl methyl sites for hydroxylation is 2. The van der Waals surface area contributed by atoms with Crippen molar-refractivity contribution in [1.82, 2.24) is 30.1 Å². The third-order valence-corrected chi connectivity index (χ3v) is 12.8. The zero-order chi connectivity index (χ0) is 39.6. The number of hydrogen-bond donors (Lipinski definition) is 3.